The van der Waals surface area contributed by atoms with Gasteiger partial charge in [-0.05, 0) is 24.8 Å². The van der Waals surface area contributed by atoms with Crippen LogP contribution in [-0.2, 0) is 16.0 Å². The Morgan fingerprint density at radius 1 is 1.50 bits per heavy atom. The Morgan fingerprint density at radius 2 is 2.35 bits per heavy atom. The highest BCUT2D eigenvalue weighted by Crippen LogP contribution is 2.31. The van der Waals surface area contributed by atoms with E-state index in [4.69, 9.17) is 10.5 Å². The molecule has 1 aliphatic heterocycles. The molecule has 142 valence electrons. The van der Waals surface area contributed by atoms with Crippen molar-refractivity contribution in [2.75, 3.05) is 38.3 Å². The molecule has 2 aromatic rings. The Morgan fingerprint density at radius 3 is 3.12 bits per heavy atom. The van der Waals surface area contributed by atoms with E-state index in [9.17, 15) is 4.79 Å². The number of H-pyrrole nitrogens is 1. The number of anilines is 1. The van der Waals surface area contributed by atoms with Crippen molar-refractivity contribution in [3.8, 4) is 0 Å². The van der Waals surface area contributed by atoms with Crippen LogP contribution >= 0.6 is 0 Å². The molecule has 0 radical (unpaired) electrons. The van der Waals surface area contributed by atoms with Crippen LogP contribution in [0, 0.1) is 0 Å². The Bertz CT molecular complexity index is 761. The van der Waals surface area contributed by atoms with Gasteiger partial charge in [0, 0.05) is 46.0 Å². The molecule has 26 heavy (non-hydrogen) atoms. The van der Waals surface area contributed by atoms with Crippen molar-refractivity contribution in [3.63, 3.8) is 0 Å². The normalized spacial score (nSPS) is 20.0. The van der Waals surface area contributed by atoms with Gasteiger partial charge in [0.25, 0.3) is 0 Å². The van der Waals surface area contributed by atoms with E-state index in [-0.39, 0.29) is 5.91 Å². The highest BCUT2D eigenvalue weighted by Gasteiger charge is 2.36. The first-order chi connectivity index (χ1) is 12.6. The van der Waals surface area contributed by atoms with Crippen molar-refractivity contribution in [1.82, 2.24) is 20.3 Å². The van der Waals surface area contributed by atoms with Crippen molar-refractivity contribution in [3.05, 3.63) is 18.1 Å². The van der Waals surface area contributed by atoms with Crippen molar-refractivity contribution < 1.29 is 9.53 Å². The molecular formula is C18H28N6O2. The molecule has 0 spiro atoms. The molecule has 1 amide bonds. The molecule has 0 saturated carbocycles. The number of rotatable bonds is 8. The topological polar surface area (TPSA) is 109 Å². The van der Waals surface area contributed by atoms with Gasteiger partial charge in [-0.3, -0.25) is 4.79 Å². The summed E-state index contributed by atoms with van der Waals surface area (Å²) in [6, 6.07) is 0. The lowest BCUT2D eigenvalue weighted by atomic mass is 10.0. The molecule has 1 aliphatic rings. The maximum Gasteiger partial charge on any atom is 0.220 e. The average Bonchev–Trinajstić information content (AvgIpc) is 3.24. The van der Waals surface area contributed by atoms with Crippen molar-refractivity contribution in [2.45, 2.75) is 38.1 Å². The number of carbonyl (C=O) groups excluding carboxylic acids is 1. The van der Waals surface area contributed by atoms with Crippen LogP contribution in [0.15, 0.2) is 12.5 Å². The molecule has 1 saturated heterocycles. The molecule has 4 N–H and O–H groups in total. The van der Waals surface area contributed by atoms with Gasteiger partial charge in [-0.1, -0.05) is 6.92 Å². The molecular weight excluding hydrogens is 332 g/mol. The summed E-state index contributed by atoms with van der Waals surface area (Å²) >= 11 is 0. The first-order valence-corrected chi connectivity index (χ1v) is 9.17. The van der Waals surface area contributed by atoms with Gasteiger partial charge < -0.3 is 25.7 Å². The zero-order chi connectivity index (χ0) is 18.6. The molecule has 1 fully saturated rings. The van der Waals surface area contributed by atoms with Crippen LogP contribution in [0.2, 0.25) is 0 Å². The van der Waals surface area contributed by atoms with Crippen LogP contribution in [0.1, 0.15) is 31.7 Å². The molecule has 2 aromatic heterocycles. The lowest BCUT2D eigenvalue weighted by molar-refractivity contribution is -0.121. The fraction of sp³-hybridized carbons (Fsp3) is 0.611. The average molecular weight is 360 g/mol. The molecule has 8 heteroatoms. The number of nitrogens with zero attached hydrogens (tertiary/aromatic N) is 3. The summed E-state index contributed by atoms with van der Waals surface area (Å²) in [5.41, 5.74) is 8.16. The number of aromatic nitrogens is 3. The van der Waals surface area contributed by atoms with Gasteiger partial charge in [-0.15, -0.1) is 0 Å². The van der Waals surface area contributed by atoms with Gasteiger partial charge in [0.2, 0.25) is 5.91 Å². The summed E-state index contributed by atoms with van der Waals surface area (Å²) in [5.74, 6) is 0.945. The maximum atomic E-state index is 11.9. The predicted molar refractivity (Wildman–Crippen MR) is 101 cm³/mol. The zero-order valence-corrected chi connectivity index (χ0v) is 15.5. The van der Waals surface area contributed by atoms with E-state index in [2.05, 4.69) is 32.1 Å². The van der Waals surface area contributed by atoms with Crippen molar-refractivity contribution in [1.29, 1.82) is 0 Å². The molecule has 0 unspecified atom stereocenters. The van der Waals surface area contributed by atoms with Gasteiger partial charge >= 0.3 is 0 Å². The van der Waals surface area contributed by atoms with Crippen LogP contribution in [0.5, 0.6) is 0 Å². The van der Waals surface area contributed by atoms with Crippen LogP contribution in [0.25, 0.3) is 11.0 Å². The second-order valence-electron chi connectivity index (χ2n) is 7.00. The molecule has 3 heterocycles. The lowest BCUT2D eigenvalue weighted by Crippen LogP contribution is -2.52. The van der Waals surface area contributed by atoms with Crippen LogP contribution in [0.4, 0.5) is 5.82 Å². The number of aromatic amines is 1. The third-order valence-corrected chi connectivity index (χ3v) is 4.99. The Kier molecular flexibility index (Phi) is 5.73. The van der Waals surface area contributed by atoms with Crippen LogP contribution in [0.3, 0.4) is 0 Å². The highest BCUT2D eigenvalue weighted by atomic mass is 16.5. The summed E-state index contributed by atoms with van der Waals surface area (Å²) in [7, 11) is 1.64. The number of hydrogen-bond donors (Lipinski definition) is 3. The number of fused-ring (bicyclic) bond motifs is 1. The molecule has 3 rings (SSSR count). The highest BCUT2D eigenvalue weighted by molar-refractivity contribution is 5.91. The van der Waals surface area contributed by atoms with E-state index >= 15 is 0 Å². The SMILES string of the molecule is CCc1c[nH]c2ncnc(N3CC[C@](N)(CNC(=O)CCCOC)C3)c12. The van der Waals surface area contributed by atoms with E-state index in [0.29, 0.717) is 26.1 Å². The quantitative estimate of drug-likeness (QED) is 0.605. The summed E-state index contributed by atoms with van der Waals surface area (Å²) in [6.07, 6.45) is 6.49. The Balaban J connectivity index is 1.65. The van der Waals surface area contributed by atoms with Gasteiger partial charge in [-0.2, -0.15) is 0 Å². The van der Waals surface area contributed by atoms with E-state index in [1.54, 1.807) is 13.4 Å². The molecule has 1 atom stereocenters. The molecule has 0 aliphatic carbocycles. The minimum Gasteiger partial charge on any atom is -0.385 e. The monoisotopic (exact) mass is 360 g/mol. The zero-order valence-electron chi connectivity index (χ0n) is 15.5. The summed E-state index contributed by atoms with van der Waals surface area (Å²) < 4.78 is 4.97. The fourth-order valence-electron chi connectivity index (χ4n) is 3.49. The minimum atomic E-state index is -0.448. The lowest BCUT2D eigenvalue weighted by Gasteiger charge is -2.25. The van der Waals surface area contributed by atoms with Crippen LogP contribution < -0.4 is 16.0 Å². The van der Waals surface area contributed by atoms with Gasteiger partial charge in [0.15, 0.2) is 0 Å². The van der Waals surface area contributed by atoms with Crippen LogP contribution in [-0.4, -0.2) is 59.7 Å². The summed E-state index contributed by atoms with van der Waals surface area (Å²) in [4.78, 5) is 26.2. The summed E-state index contributed by atoms with van der Waals surface area (Å²) in [5, 5.41) is 4.04. The third kappa shape index (κ3) is 3.96. The number of hydrogen-bond acceptors (Lipinski definition) is 6. The minimum absolute atomic E-state index is 0.0219. The van der Waals surface area contributed by atoms with Crippen molar-refractivity contribution >= 4 is 22.8 Å². The maximum absolute atomic E-state index is 11.9. The first kappa shape index (κ1) is 18.6. The van der Waals surface area contributed by atoms with E-state index in [1.807, 2.05) is 6.20 Å². The number of nitrogens with one attached hydrogen (secondary N) is 2. The number of ether oxygens (including phenoxy) is 1. The number of aryl methyl sites for hydroxylation is 1. The van der Waals surface area contributed by atoms with E-state index in [1.165, 1.54) is 5.56 Å². The largest absolute Gasteiger partial charge is 0.385 e. The van der Waals surface area contributed by atoms with E-state index in [0.717, 1.165) is 42.7 Å². The standard InChI is InChI=1S/C18H28N6O2/c1-3-13-9-20-16-15(13)17(23-12-22-16)24-7-6-18(19,11-24)10-21-14(25)5-4-8-26-2/h9,12H,3-8,10-11,19H2,1-2H3,(H,21,25)(H,20,22,23)/t18-/m0/s1. The predicted octanol–water partition coefficient (Wildman–Crippen LogP) is 0.971. The Labute approximate surface area is 153 Å². The molecule has 0 aromatic carbocycles. The summed E-state index contributed by atoms with van der Waals surface area (Å²) in [6.45, 7) is 4.66. The Hall–Kier alpha value is -2.19. The van der Waals surface area contributed by atoms with Crippen molar-refractivity contribution in [2.24, 2.45) is 5.73 Å². The third-order valence-electron chi connectivity index (χ3n) is 4.99. The molecule has 8 nitrogen and oxygen atoms in total. The smallest absolute Gasteiger partial charge is 0.220 e. The molecule has 0 bridgehead atoms. The van der Waals surface area contributed by atoms with E-state index < -0.39 is 5.54 Å². The van der Waals surface area contributed by atoms with Gasteiger partial charge in [0.05, 0.1) is 10.9 Å². The number of methoxy groups -OCH3 is 1. The number of amides is 1. The second-order valence-corrected chi connectivity index (χ2v) is 7.00. The fourth-order valence-corrected chi connectivity index (χ4v) is 3.49. The first-order valence-electron chi connectivity index (χ1n) is 9.17. The number of nitrogens with two attached hydrogens (primary N) is 1. The van der Waals surface area contributed by atoms with Gasteiger partial charge in [-0.25, -0.2) is 9.97 Å². The van der Waals surface area contributed by atoms with Gasteiger partial charge in [0.1, 0.15) is 17.8 Å². The number of carbonyl (C=O) groups is 1. The second kappa shape index (κ2) is 8.01.